The van der Waals surface area contributed by atoms with Crippen LogP contribution >= 0.6 is 0 Å². The predicted molar refractivity (Wildman–Crippen MR) is 131 cm³/mol. The van der Waals surface area contributed by atoms with E-state index in [1.165, 1.54) is 12.4 Å². The van der Waals surface area contributed by atoms with Gasteiger partial charge in [0.1, 0.15) is 35.6 Å². The number of aldehydes is 1. The number of aliphatic hydroxyl groups is 1. The van der Waals surface area contributed by atoms with Crippen LogP contribution in [-0.4, -0.2) is 50.2 Å². The normalized spacial score (nSPS) is 12.0. The average molecular weight is 473 g/mol. The molecule has 1 unspecified atom stereocenters. The maximum Gasteiger partial charge on any atom is 0.222 e. The van der Waals surface area contributed by atoms with Crippen molar-refractivity contribution in [1.29, 1.82) is 0 Å². The van der Waals surface area contributed by atoms with Gasteiger partial charge in [-0.2, -0.15) is 5.10 Å². The number of carbonyl (C=O) groups is 2. The number of benzene rings is 2. The van der Waals surface area contributed by atoms with Crippen LogP contribution in [0.3, 0.4) is 0 Å². The van der Waals surface area contributed by atoms with Crippen LogP contribution in [0.4, 0.5) is 5.82 Å². The second kappa shape index (κ2) is 11.0. The molecule has 10 heteroatoms. The highest BCUT2D eigenvalue weighted by atomic mass is 16.5. The third-order valence-electron chi connectivity index (χ3n) is 5.20. The molecule has 4 rings (SSSR count). The number of fused-ring (bicyclic) bond motifs is 1. The van der Waals surface area contributed by atoms with Crippen LogP contribution in [0, 0.1) is 0 Å². The minimum absolute atomic E-state index is 0.0261. The summed E-state index contributed by atoms with van der Waals surface area (Å²) in [5.41, 5.74) is 7.97. The largest absolute Gasteiger partial charge is 0.457 e. The summed E-state index contributed by atoms with van der Waals surface area (Å²) in [5, 5.41) is 17.0. The maximum absolute atomic E-state index is 11.9. The van der Waals surface area contributed by atoms with Crippen molar-refractivity contribution in [2.75, 3.05) is 18.9 Å². The number of carbonyl (C=O) groups excluding carboxylic acids is 2. The Morgan fingerprint density at radius 2 is 1.86 bits per heavy atom. The molecule has 2 aromatic carbocycles. The van der Waals surface area contributed by atoms with E-state index in [1.54, 1.807) is 10.8 Å². The summed E-state index contributed by atoms with van der Waals surface area (Å²) >= 11 is 0. The van der Waals surface area contributed by atoms with E-state index in [2.05, 4.69) is 15.3 Å². The van der Waals surface area contributed by atoms with Gasteiger partial charge in [0.25, 0.3) is 0 Å². The molecule has 35 heavy (non-hydrogen) atoms. The first-order valence-electron chi connectivity index (χ1n) is 10.9. The molecule has 0 spiro atoms. The maximum atomic E-state index is 11.9. The minimum Gasteiger partial charge on any atom is -0.457 e. The van der Waals surface area contributed by atoms with E-state index in [4.69, 9.17) is 20.7 Å². The van der Waals surface area contributed by atoms with E-state index < -0.39 is 6.04 Å². The van der Waals surface area contributed by atoms with Crippen LogP contribution in [0.15, 0.2) is 73.1 Å². The van der Waals surface area contributed by atoms with E-state index in [-0.39, 0.29) is 31.3 Å². The molecule has 0 saturated carbocycles. The van der Waals surface area contributed by atoms with Gasteiger partial charge in [-0.15, -0.1) is 0 Å². The number of nitrogens with zero attached hydrogens (tertiary/aromatic N) is 4. The fraction of sp³-hybridized carbons (Fsp3) is 0.160. The van der Waals surface area contributed by atoms with Crippen molar-refractivity contribution in [2.45, 2.75) is 12.5 Å². The summed E-state index contributed by atoms with van der Waals surface area (Å²) in [5.74, 6) is 1.31. The molecular formula is C25H24N6O4. The first kappa shape index (κ1) is 23.6. The Kier molecular flexibility index (Phi) is 7.44. The fourth-order valence-electron chi connectivity index (χ4n) is 3.55. The lowest BCUT2D eigenvalue weighted by molar-refractivity contribution is -0.121. The topological polar surface area (TPSA) is 145 Å². The van der Waals surface area contributed by atoms with Gasteiger partial charge in [-0.25, -0.2) is 14.6 Å². The minimum atomic E-state index is -0.533. The molecule has 2 heterocycles. The number of para-hydroxylation sites is 1. The molecule has 0 aliphatic carbocycles. The summed E-state index contributed by atoms with van der Waals surface area (Å²) < 4.78 is 7.46. The van der Waals surface area contributed by atoms with Crippen molar-refractivity contribution >= 4 is 29.0 Å². The van der Waals surface area contributed by atoms with Crippen molar-refractivity contribution in [3.8, 4) is 22.8 Å². The molecule has 1 atom stereocenters. The summed E-state index contributed by atoms with van der Waals surface area (Å²) in [4.78, 5) is 31.4. The Labute approximate surface area is 201 Å². The van der Waals surface area contributed by atoms with Gasteiger partial charge in [0.2, 0.25) is 5.91 Å². The van der Waals surface area contributed by atoms with Crippen LogP contribution in [0.2, 0.25) is 0 Å². The number of ether oxygens (including phenoxy) is 1. The molecule has 0 aliphatic rings. The number of hydrogen-bond donors (Lipinski definition) is 3. The second-order valence-electron chi connectivity index (χ2n) is 7.56. The zero-order chi connectivity index (χ0) is 24.6. The van der Waals surface area contributed by atoms with Crippen molar-refractivity contribution in [1.82, 2.24) is 25.1 Å². The van der Waals surface area contributed by atoms with Gasteiger partial charge in [-0.3, -0.25) is 9.59 Å². The van der Waals surface area contributed by atoms with Gasteiger partial charge in [0.05, 0.1) is 18.0 Å². The summed E-state index contributed by atoms with van der Waals surface area (Å²) in [6.07, 6.45) is 4.89. The summed E-state index contributed by atoms with van der Waals surface area (Å²) in [7, 11) is 0. The van der Waals surface area contributed by atoms with Crippen LogP contribution < -0.4 is 15.8 Å². The molecule has 0 aliphatic heterocycles. The molecular weight excluding hydrogens is 448 g/mol. The predicted octanol–water partition coefficient (Wildman–Crippen LogP) is 2.66. The van der Waals surface area contributed by atoms with Crippen LogP contribution in [0.5, 0.6) is 11.5 Å². The number of nitrogen functional groups attached to an aromatic ring is 1. The number of allylic oxidation sites excluding steroid dienone is 1. The summed E-state index contributed by atoms with van der Waals surface area (Å²) in [6, 6.07) is 16.3. The Morgan fingerprint density at radius 1 is 1.11 bits per heavy atom. The third-order valence-corrected chi connectivity index (χ3v) is 5.20. The highest BCUT2D eigenvalue weighted by Crippen LogP contribution is 2.33. The molecule has 10 nitrogen and oxygen atoms in total. The Bertz CT molecular complexity index is 1340. The highest BCUT2D eigenvalue weighted by Gasteiger charge is 2.21. The summed E-state index contributed by atoms with van der Waals surface area (Å²) in [6.45, 7) is -0.129. The SMILES string of the molecule is Nc1ncnc2c1c(-c1ccc(Oc3ccccc3)cc1)nn2C(/C=C/C=O)CNC(=O)CCO. The van der Waals surface area contributed by atoms with Crippen LogP contribution in [-0.2, 0) is 9.59 Å². The van der Waals surface area contributed by atoms with E-state index in [9.17, 15) is 9.59 Å². The van der Waals surface area contributed by atoms with E-state index in [0.29, 0.717) is 28.8 Å². The first-order valence-corrected chi connectivity index (χ1v) is 10.9. The lowest BCUT2D eigenvalue weighted by Crippen LogP contribution is -2.31. The van der Waals surface area contributed by atoms with Crippen LogP contribution in [0.25, 0.3) is 22.3 Å². The molecule has 0 fully saturated rings. The van der Waals surface area contributed by atoms with Gasteiger partial charge in [0.15, 0.2) is 5.65 Å². The number of aromatic nitrogens is 4. The number of aliphatic hydroxyl groups excluding tert-OH is 1. The van der Waals surface area contributed by atoms with Gasteiger partial charge in [-0.05, 0) is 42.5 Å². The fourth-order valence-corrected chi connectivity index (χ4v) is 3.55. The molecule has 0 bridgehead atoms. The zero-order valence-electron chi connectivity index (χ0n) is 18.7. The van der Waals surface area contributed by atoms with Crippen molar-refractivity contribution in [3.63, 3.8) is 0 Å². The molecule has 4 aromatic rings. The number of anilines is 1. The monoisotopic (exact) mass is 472 g/mol. The Morgan fingerprint density at radius 3 is 2.57 bits per heavy atom. The van der Waals surface area contributed by atoms with Gasteiger partial charge >= 0.3 is 0 Å². The quantitative estimate of drug-likeness (QED) is 0.236. The van der Waals surface area contributed by atoms with Crippen molar-refractivity contribution in [3.05, 3.63) is 73.1 Å². The molecule has 178 valence electrons. The molecule has 1 amide bonds. The van der Waals surface area contributed by atoms with Gasteiger partial charge in [-0.1, -0.05) is 24.3 Å². The van der Waals surface area contributed by atoms with Crippen LogP contribution in [0.1, 0.15) is 12.5 Å². The molecule has 0 radical (unpaired) electrons. The van der Waals surface area contributed by atoms with Crippen molar-refractivity contribution < 1.29 is 19.4 Å². The zero-order valence-corrected chi connectivity index (χ0v) is 18.7. The van der Waals surface area contributed by atoms with Gasteiger partial charge < -0.3 is 20.9 Å². The Balaban J connectivity index is 1.70. The van der Waals surface area contributed by atoms with Crippen molar-refractivity contribution in [2.24, 2.45) is 0 Å². The molecule has 0 saturated heterocycles. The van der Waals surface area contributed by atoms with E-state index >= 15 is 0 Å². The lowest BCUT2D eigenvalue weighted by atomic mass is 10.1. The number of rotatable bonds is 10. The number of amides is 1. The first-order chi connectivity index (χ1) is 17.1. The second-order valence-corrected chi connectivity index (χ2v) is 7.56. The highest BCUT2D eigenvalue weighted by molar-refractivity contribution is 5.98. The average Bonchev–Trinajstić information content (AvgIpc) is 3.26. The number of hydrogen-bond acceptors (Lipinski definition) is 8. The van der Waals surface area contributed by atoms with Gasteiger partial charge in [0, 0.05) is 18.5 Å². The number of nitrogens with one attached hydrogen (secondary N) is 1. The van der Waals surface area contributed by atoms with E-state index in [0.717, 1.165) is 11.3 Å². The third kappa shape index (κ3) is 5.50. The Hall–Kier alpha value is -4.57. The smallest absolute Gasteiger partial charge is 0.222 e. The lowest BCUT2D eigenvalue weighted by Gasteiger charge is -2.15. The molecule has 2 aromatic heterocycles. The molecule has 4 N–H and O–H groups in total. The number of nitrogens with two attached hydrogens (primary N) is 1. The standard InChI is InChI=1S/C25H24N6O4/c26-24-22-23(17-8-10-20(11-9-17)35-19-6-2-1-3-7-19)30-31(25(22)29-16-28-24)18(5-4-13-32)15-27-21(34)12-14-33/h1-11,13,16,18,33H,12,14-15H2,(H,27,34)(H2,26,28,29)/b5-4+. The van der Waals surface area contributed by atoms with E-state index in [1.807, 2.05) is 54.6 Å².